The first-order valence-electron chi connectivity index (χ1n) is 5.66. The molecule has 4 heteroatoms. The molecule has 1 saturated heterocycles. The lowest BCUT2D eigenvalue weighted by Gasteiger charge is -2.33. The number of carboxylic acids is 1. The second-order valence-electron chi connectivity index (χ2n) is 5.14. The number of hydrogen-bond donors (Lipinski definition) is 1. The molecule has 0 radical (unpaired) electrons. The van der Waals surface area contributed by atoms with Gasteiger partial charge in [-0.2, -0.15) is 0 Å². The van der Waals surface area contributed by atoms with Crippen molar-refractivity contribution in [1.82, 2.24) is 0 Å². The lowest BCUT2D eigenvalue weighted by molar-refractivity contribution is -0.141. The van der Waals surface area contributed by atoms with E-state index in [2.05, 4.69) is 34.7 Å². The normalized spacial score (nSPS) is 22.8. The standard InChI is InChI=1S/C13H16BrNO2/c1-13(2)7-9(12(16)17)8-15(13)11-5-3-10(14)4-6-11/h3-6,9H,7-8H2,1-2H3,(H,16,17). The Morgan fingerprint density at radius 2 is 2.00 bits per heavy atom. The van der Waals surface area contributed by atoms with E-state index in [0.29, 0.717) is 13.0 Å². The molecule has 92 valence electrons. The van der Waals surface area contributed by atoms with Crippen LogP contribution in [0.25, 0.3) is 0 Å². The Bertz CT molecular complexity index is 428. The van der Waals surface area contributed by atoms with Gasteiger partial charge in [0.15, 0.2) is 0 Å². The Labute approximate surface area is 110 Å². The molecule has 1 unspecified atom stereocenters. The molecule has 1 aromatic carbocycles. The molecule has 1 N–H and O–H groups in total. The molecule has 1 aliphatic heterocycles. The number of carboxylic acid groups (broad SMARTS) is 1. The summed E-state index contributed by atoms with van der Waals surface area (Å²) in [4.78, 5) is 13.3. The van der Waals surface area contributed by atoms with Crippen molar-refractivity contribution in [2.45, 2.75) is 25.8 Å². The number of aliphatic carboxylic acids is 1. The molecular weight excluding hydrogens is 282 g/mol. The molecule has 0 aromatic heterocycles. The maximum absolute atomic E-state index is 11.1. The van der Waals surface area contributed by atoms with E-state index in [1.54, 1.807) is 0 Å². The van der Waals surface area contributed by atoms with Crippen molar-refractivity contribution in [3.63, 3.8) is 0 Å². The van der Waals surface area contributed by atoms with Crippen LogP contribution in [-0.4, -0.2) is 23.2 Å². The zero-order chi connectivity index (χ0) is 12.6. The molecule has 0 spiro atoms. The smallest absolute Gasteiger partial charge is 0.308 e. The van der Waals surface area contributed by atoms with Gasteiger partial charge in [0.25, 0.3) is 0 Å². The average molecular weight is 298 g/mol. The maximum atomic E-state index is 11.1. The van der Waals surface area contributed by atoms with Gasteiger partial charge in [-0.1, -0.05) is 15.9 Å². The molecular formula is C13H16BrNO2. The van der Waals surface area contributed by atoms with Crippen LogP contribution in [0.3, 0.4) is 0 Å². The third kappa shape index (κ3) is 2.46. The summed E-state index contributed by atoms with van der Waals surface area (Å²) in [7, 11) is 0. The Balaban J connectivity index is 2.26. The second kappa shape index (κ2) is 4.33. The molecule has 1 heterocycles. The van der Waals surface area contributed by atoms with Crippen LogP contribution in [0, 0.1) is 5.92 Å². The summed E-state index contributed by atoms with van der Waals surface area (Å²) in [5.41, 5.74) is 0.985. The first-order chi connectivity index (χ1) is 7.90. The minimum Gasteiger partial charge on any atom is -0.481 e. The van der Waals surface area contributed by atoms with Crippen molar-refractivity contribution in [3.05, 3.63) is 28.7 Å². The SMILES string of the molecule is CC1(C)CC(C(=O)O)CN1c1ccc(Br)cc1. The molecule has 1 aliphatic rings. The zero-order valence-corrected chi connectivity index (χ0v) is 11.6. The van der Waals surface area contributed by atoms with Crippen molar-refractivity contribution >= 4 is 27.6 Å². The minimum absolute atomic E-state index is 0.100. The fraction of sp³-hybridized carbons (Fsp3) is 0.462. The molecule has 0 bridgehead atoms. The van der Waals surface area contributed by atoms with Crippen molar-refractivity contribution in [3.8, 4) is 0 Å². The molecule has 0 aliphatic carbocycles. The lowest BCUT2D eigenvalue weighted by Crippen LogP contribution is -2.38. The van der Waals surface area contributed by atoms with Crippen molar-refractivity contribution in [2.75, 3.05) is 11.4 Å². The molecule has 3 nitrogen and oxygen atoms in total. The largest absolute Gasteiger partial charge is 0.481 e. The predicted octanol–water partition coefficient (Wildman–Crippen LogP) is 3.14. The number of anilines is 1. The average Bonchev–Trinajstić information content (AvgIpc) is 2.56. The topological polar surface area (TPSA) is 40.5 Å². The first-order valence-corrected chi connectivity index (χ1v) is 6.45. The van der Waals surface area contributed by atoms with E-state index in [1.165, 1.54) is 0 Å². The predicted molar refractivity (Wildman–Crippen MR) is 71.3 cm³/mol. The molecule has 0 amide bonds. The van der Waals surface area contributed by atoms with Crippen LogP contribution >= 0.6 is 15.9 Å². The van der Waals surface area contributed by atoms with Crippen molar-refractivity contribution in [1.29, 1.82) is 0 Å². The van der Waals surface area contributed by atoms with Gasteiger partial charge >= 0.3 is 5.97 Å². The van der Waals surface area contributed by atoms with Gasteiger partial charge in [0, 0.05) is 22.2 Å². The van der Waals surface area contributed by atoms with Crippen molar-refractivity contribution < 1.29 is 9.90 Å². The van der Waals surface area contributed by atoms with Gasteiger partial charge < -0.3 is 10.0 Å². The van der Waals surface area contributed by atoms with Gasteiger partial charge in [0.05, 0.1) is 5.92 Å². The summed E-state index contributed by atoms with van der Waals surface area (Å²) in [6.45, 7) is 4.78. The maximum Gasteiger partial charge on any atom is 0.308 e. The third-order valence-corrected chi connectivity index (χ3v) is 3.90. The van der Waals surface area contributed by atoms with Gasteiger partial charge in [0.1, 0.15) is 0 Å². The van der Waals surface area contributed by atoms with Crippen LogP contribution in [0.2, 0.25) is 0 Å². The number of nitrogens with zero attached hydrogens (tertiary/aromatic N) is 1. The fourth-order valence-electron chi connectivity index (χ4n) is 2.49. The van der Waals surface area contributed by atoms with E-state index in [0.717, 1.165) is 10.2 Å². The van der Waals surface area contributed by atoms with Crippen LogP contribution in [0.4, 0.5) is 5.69 Å². The first kappa shape index (κ1) is 12.4. The highest BCUT2D eigenvalue weighted by molar-refractivity contribution is 9.10. The van der Waals surface area contributed by atoms with Gasteiger partial charge in [-0.05, 0) is 44.5 Å². The Kier molecular flexibility index (Phi) is 3.17. The van der Waals surface area contributed by atoms with Gasteiger partial charge in [-0.25, -0.2) is 0 Å². The highest BCUT2D eigenvalue weighted by Gasteiger charge is 2.41. The Hall–Kier alpha value is -1.03. The summed E-state index contributed by atoms with van der Waals surface area (Å²) in [6, 6.07) is 8.02. The molecule has 0 saturated carbocycles. The molecule has 1 atom stereocenters. The monoisotopic (exact) mass is 297 g/mol. The summed E-state index contributed by atoms with van der Waals surface area (Å²) in [5.74, 6) is -0.966. The highest BCUT2D eigenvalue weighted by atomic mass is 79.9. The fourth-order valence-corrected chi connectivity index (χ4v) is 2.75. The van der Waals surface area contributed by atoms with Crippen LogP contribution < -0.4 is 4.90 Å². The summed E-state index contributed by atoms with van der Waals surface area (Å²) < 4.78 is 1.04. The number of hydrogen-bond acceptors (Lipinski definition) is 2. The molecule has 17 heavy (non-hydrogen) atoms. The molecule has 1 fully saturated rings. The Morgan fingerprint density at radius 3 is 2.47 bits per heavy atom. The van der Waals surface area contributed by atoms with Crippen LogP contribution in [-0.2, 0) is 4.79 Å². The summed E-state index contributed by atoms with van der Waals surface area (Å²) in [5, 5.41) is 9.12. The van der Waals surface area contributed by atoms with Crippen LogP contribution in [0.5, 0.6) is 0 Å². The minimum atomic E-state index is -0.697. The van der Waals surface area contributed by atoms with Crippen molar-refractivity contribution in [2.24, 2.45) is 5.92 Å². The number of rotatable bonds is 2. The lowest BCUT2D eigenvalue weighted by atomic mass is 9.96. The van der Waals surface area contributed by atoms with E-state index in [4.69, 9.17) is 5.11 Å². The van der Waals surface area contributed by atoms with Crippen LogP contribution in [0.1, 0.15) is 20.3 Å². The second-order valence-corrected chi connectivity index (χ2v) is 6.05. The van der Waals surface area contributed by atoms with Crippen LogP contribution in [0.15, 0.2) is 28.7 Å². The van der Waals surface area contributed by atoms with Gasteiger partial charge in [-0.3, -0.25) is 4.79 Å². The summed E-state index contributed by atoms with van der Waals surface area (Å²) in [6.07, 6.45) is 0.693. The highest BCUT2D eigenvalue weighted by Crippen LogP contribution is 2.37. The van der Waals surface area contributed by atoms with E-state index in [1.807, 2.05) is 24.3 Å². The molecule has 2 rings (SSSR count). The van der Waals surface area contributed by atoms with E-state index in [-0.39, 0.29) is 11.5 Å². The summed E-state index contributed by atoms with van der Waals surface area (Å²) >= 11 is 3.41. The van der Waals surface area contributed by atoms with E-state index < -0.39 is 5.97 Å². The quantitative estimate of drug-likeness (QED) is 0.912. The number of benzene rings is 1. The zero-order valence-electron chi connectivity index (χ0n) is 9.98. The third-order valence-electron chi connectivity index (χ3n) is 3.37. The number of carbonyl (C=O) groups is 1. The van der Waals surface area contributed by atoms with Gasteiger partial charge in [0.2, 0.25) is 0 Å². The van der Waals surface area contributed by atoms with E-state index >= 15 is 0 Å². The Morgan fingerprint density at radius 1 is 1.41 bits per heavy atom. The van der Waals surface area contributed by atoms with Gasteiger partial charge in [-0.15, -0.1) is 0 Å². The van der Waals surface area contributed by atoms with E-state index in [9.17, 15) is 4.79 Å². The molecule has 1 aromatic rings. The number of halogens is 1.